The summed E-state index contributed by atoms with van der Waals surface area (Å²) >= 11 is 0. The molecule has 6 rings (SSSR count). The molecule has 0 saturated heterocycles. The molecule has 1 heterocycles. The minimum Gasteiger partial charge on any atom is -0.491 e. The van der Waals surface area contributed by atoms with E-state index in [4.69, 9.17) is 18.9 Å². The summed E-state index contributed by atoms with van der Waals surface area (Å²) in [7, 11) is 0. The number of fused-ring (bicyclic) bond motifs is 1. The summed E-state index contributed by atoms with van der Waals surface area (Å²) in [5, 5.41) is 24.6. The van der Waals surface area contributed by atoms with Crippen LogP contribution in [-0.4, -0.2) is 66.9 Å². The topological polar surface area (TPSA) is 169 Å². The Labute approximate surface area is 383 Å². The van der Waals surface area contributed by atoms with Crippen LogP contribution in [0.5, 0.6) is 17.2 Å². The Balaban J connectivity index is 1.08. The molecule has 13 heteroatoms. The zero-order chi connectivity index (χ0) is 46.5. The summed E-state index contributed by atoms with van der Waals surface area (Å²) in [5.74, 6) is 1.37. The fraction of sp³-hybridized carbons (Fsp3) is 0.423. The monoisotopic (exact) mass is 887 g/mol. The lowest BCUT2D eigenvalue weighted by molar-refractivity contribution is -0.120. The van der Waals surface area contributed by atoms with Crippen molar-refractivity contribution in [1.82, 2.24) is 10.3 Å². The van der Waals surface area contributed by atoms with Gasteiger partial charge < -0.3 is 45.3 Å². The number of ether oxygens (including phenoxy) is 4. The number of aliphatic hydroxyl groups excluding tert-OH is 1. The fourth-order valence-electron chi connectivity index (χ4n) is 7.35. The molecule has 0 bridgehead atoms. The normalized spacial score (nSPS) is 15.4. The van der Waals surface area contributed by atoms with Crippen LogP contribution >= 0.6 is 0 Å². The van der Waals surface area contributed by atoms with Crippen LogP contribution in [0, 0.1) is 30.6 Å². The molecule has 1 aromatic heterocycles. The molecule has 1 aliphatic rings. The predicted molar refractivity (Wildman–Crippen MR) is 256 cm³/mol. The van der Waals surface area contributed by atoms with Crippen LogP contribution < -0.4 is 35.5 Å². The van der Waals surface area contributed by atoms with Crippen molar-refractivity contribution >= 4 is 45.7 Å². The molecule has 1 unspecified atom stereocenters. The highest BCUT2D eigenvalue weighted by Gasteiger charge is 2.28. The Hall–Kier alpha value is -6.18. The van der Waals surface area contributed by atoms with Gasteiger partial charge in [-0.15, -0.1) is 0 Å². The third-order valence-electron chi connectivity index (χ3n) is 10.9. The second-order valence-electron chi connectivity index (χ2n) is 18.1. The minimum absolute atomic E-state index is 0.0419. The summed E-state index contributed by atoms with van der Waals surface area (Å²) in [4.78, 5) is 45.1. The van der Waals surface area contributed by atoms with Gasteiger partial charge in [-0.05, 0) is 111 Å². The largest absolute Gasteiger partial charge is 0.491 e. The average molecular weight is 888 g/mol. The van der Waals surface area contributed by atoms with E-state index in [1.807, 2.05) is 77.1 Å². The number of aliphatic hydroxyl groups is 1. The fourth-order valence-corrected chi connectivity index (χ4v) is 7.35. The molecular weight excluding hydrogens is 823 g/mol. The van der Waals surface area contributed by atoms with E-state index in [1.54, 1.807) is 48.7 Å². The number of carbonyl (C=O) groups is 3. The number of nitrogens with zero attached hydrogens (tertiary/aromatic N) is 1. The van der Waals surface area contributed by atoms with E-state index in [2.05, 4.69) is 40.1 Å². The molecule has 1 aliphatic carbocycles. The number of rotatable bonds is 21. The molecule has 0 spiro atoms. The summed E-state index contributed by atoms with van der Waals surface area (Å²) in [5.41, 5.74) is 4.70. The van der Waals surface area contributed by atoms with Gasteiger partial charge in [0.05, 0.1) is 48.6 Å². The van der Waals surface area contributed by atoms with E-state index < -0.39 is 12.1 Å². The second-order valence-corrected chi connectivity index (χ2v) is 18.1. The van der Waals surface area contributed by atoms with Gasteiger partial charge in [0.25, 0.3) is 11.8 Å². The second kappa shape index (κ2) is 23.1. The van der Waals surface area contributed by atoms with Crippen LogP contribution in [0.3, 0.4) is 0 Å². The lowest BCUT2D eigenvalue weighted by atomic mass is 9.85. The number of aromatic nitrogens is 1. The Kier molecular flexibility index (Phi) is 17.2. The predicted octanol–water partition coefficient (Wildman–Crippen LogP) is 9.95. The Morgan fingerprint density at radius 1 is 0.677 bits per heavy atom. The van der Waals surface area contributed by atoms with Crippen molar-refractivity contribution in [2.75, 3.05) is 49.0 Å². The minimum atomic E-state index is -1.10. The van der Waals surface area contributed by atoms with E-state index in [9.17, 15) is 19.5 Å². The molecule has 3 amide bonds. The van der Waals surface area contributed by atoms with E-state index in [0.29, 0.717) is 116 Å². The van der Waals surface area contributed by atoms with Gasteiger partial charge in [-0.3, -0.25) is 19.4 Å². The van der Waals surface area contributed by atoms with Crippen LogP contribution in [0.1, 0.15) is 105 Å². The number of pyridine rings is 1. The van der Waals surface area contributed by atoms with Crippen LogP contribution in [0.25, 0.3) is 10.9 Å². The van der Waals surface area contributed by atoms with Gasteiger partial charge in [0.15, 0.2) is 6.23 Å². The number of anilines is 3. The zero-order valence-corrected chi connectivity index (χ0v) is 38.7. The van der Waals surface area contributed by atoms with E-state index >= 15 is 0 Å². The molecule has 1 fully saturated rings. The van der Waals surface area contributed by atoms with Crippen LogP contribution in [0.15, 0.2) is 91.1 Å². The number of para-hydroxylation sites is 1. The number of hydrogen-bond donors (Lipinski definition) is 5. The molecule has 65 heavy (non-hydrogen) atoms. The van der Waals surface area contributed by atoms with Crippen molar-refractivity contribution in [2.45, 2.75) is 86.4 Å². The molecular formula is C52H65N5O8. The number of benzene rings is 4. The Bertz CT molecular complexity index is 2390. The standard InChI is InChI=1S/C52H65N5O8/c1-32(2)29-62-22-23-63-46-25-38(13-12-35(46)7)51(60)56-45-21-17-40(27-48(45)65-31-34(5)6)52(61)57-44-20-16-39(26-47(44)64-30-33(3)4)50(59)54-41-18-14-36(15-19-41)49(58)55-42-24-37-10-8-9-11-43(37)53-28-42/h8-13,16-17,20-21,24-28,32-34,36,41,51,56,60H,14-15,18-19,22-23,29-31H2,1-7H3,(H,54,59)(H,55,58)(H,57,61)/t36-,41-,51?. The first kappa shape index (κ1) is 48.3. The van der Waals surface area contributed by atoms with Crippen molar-refractivity contribution < 1.29 is 38.4 Å². The molecule has 0 radical (unpaired) electrons. The van der Waals surface area contributed by atoms with Crippen molar-refractivity contribution in [3.8, 4) is 17.2 Å². The van der Waals surface area contributed by atoms with E-state index in [0.717, 1.165) is 16.5 Å². The van der Waals surface area contributed by atoms with Crippen molar-refractivity contribution in [3.63, 3.8) is 0 Å². The highest BCUT2D eigenvalue weighted by molar-refractivity contribution is 6.06. The SMILES string of the molecule is Cc1ccc(C(O)Nc2ccc(C(=O)Nc3ccc(C(=O)N[C@H]4CC[C@H](C(=O)Nc5cnc6ccccc6c5)CC4)cc3OCC(C)C)cc2OCC(C)C)cc1OCCOCC(C)C. The van der Waals surface area contributed by atoms with Crippen molar-refractivity contribution in [2.24, 2.45) is 23.7 Å². The van der Waals surface area contributed by atoms with Crippen LogP contribution in [0.2, 0.25) is 0 Å². The zero-order valence-electron chi connectivity index (χ0n) is 38.7. The Morgan fingerprint density at radius 2 is 1.32 bits per heavy atom. The number of hydrogen-bond acceptors (Lipinski definition) is 10. The molecule has 1 atom stereocenters. The highest BCUT2D eigenvalue weighted by Crippen LogP contribution is 2.33. The maximum Gasteiger partial charge on any atom is 0.255 e. The van der Waals surface area contributed by atoms with E-state index in [-0.39, 0.29) is 35.6 Å². The molecule has 5 N–H and O–H groups in total. The maximum absolute atomic E-state index is 13.9. The smallest absolute Gasteiger partial charge is 0.255 e. The van der Waals surface area contributed by atoms with Gasteiger partial charge in [-0.1, -0.05) is 71.9 Å². The summed E-state index contributed by atoms with van der Waals surface area (Å²) in [6.07, 6.45) is 3.19. The first-order chi connectivity index (χ1) is 31.2. The van der Waals surface area contributed by atoms with Gasteiger partial charge in [0, 0.05) is 40.6 Å². The molecule has 0 aliphatic heterocycles. The third kappa shape index (κ3) is 14.2. The third-order valence-corrected chi connectivity index (χ3v) is 10.9. The van der Waals surface area contributed by atoms with Gasteiger partial charge >= 0.3 is 0 Å². The number of carbonyl (C=O) groups excluding carboxylic acids is 3. The highest BCUT2D eigenvalue weighted by atomic mass is 16.5. The first-order valence-corrected chi connectivity index (χ1v) is 22.8. The van der Waals surface area contributed by atoms with Gasteiger partial charge in [0.2, 0.25) is 5.91 Å². The van der Waals surface area contributed by atoms with Crippen molar-refractivity contribution in [1.29, 1.82) is 0 Å². The lowest BCUT2D eigenvalue weighted by Crippen LogP contribution is -2.39. The maximum atomic E-state index is 13.9. The quantitative estimate of drug-likeness (QED) is 0.0353. The van der Waals surface area contributed by atoms with E-state index in [1.165, 1.54) is 0 Å². The summed E-state index contributed by atoms with van der Waals surface area (Å²) in [6, 6.07) is 25.1. The van der Waals surface area contributed by atoms with Crippen molar-refractivity contribution in [3.05, 3.63) is 113 Å². The lowest BCUT2D eigenvalue weighted by Gasteiger charge is -2.28. The molecule has 4 aromatic carbocycles. The average Bonchev–Trinajstić information content (AvgIpc) is 3.28. The molecule has 346 valence electrons. The number of aryl methyl sites for hydroxylation is 1. The summed E-state index contributed by atoms with van der Waals surface area (Å²) < 4.78 is 24.0. The van der Waals surface area contributed by atoms with Gasteiger partial charge in [-0.2, -0.15) is 0 Å². The molecule has 5 aromatic rings. The molecule has 1 saturated carbocycles. The molecule has 13 nitrogen and oxygen atoms in total. The van der Waals surface area contributed by atoms with Crippen LogP contribution in [0.4, 0.5) is 17.1 Å². The summed E-state index contributed by atoms with van der Waals surface area (Å²) in [6.45, 7) is 16.5. The number of amides is 3. The van der Waals surface area contributed by atoms with Gasteiger partial charge in [-0.25, -0.2) is 0 Å². The van der Waals surface area contributed by atoms with Crippen LogP contribution in [-0.2, 0) is 9.53 Å². The Morgan fingerprint density at radius 3 is 2.02 bits per heavy atom. The first-order valence-electron chi connectivity index (χ1n) is 22.8. The number of nitrogens with one attached hydrogen (secondary N) is 4. The van der Waals surface area contributed by atoms with Gasteiger partial charge in [0.1, 0.15) is 23.9 Å².